The summed E-state index contributed by atoms with van der Waals surface area (Å²) in [6.07, 6.45) is 1.50. The Hall–Kier alpha value is -1.44. The van der Waals surface area contributed by atoms with Gasteiger partial charge in [0.15, 0.2) is 11.5 Å². The zero-order valence-electron chi connectivity index (χ0n) is 6.33. The fourth-order valence-electron chi connectivity index (χ4n) is 0.943. The highest BCUT2D eigenvalue weighted by molar-refractivity contribution is 5.61. The molecule has 0 spiro atoms. The number of benzene rings is 1. The van der Waals surface area contributed by atoms with E-state index in [4.69, 9.17) is 5.11 Å². The van der Waals surface area contributed by atoms with Crippen molar-refractivity contribution in [3.8, 4) is 11.5 Å². The zero-order chi connectivity index (χ0) is 8.43. The topological polar surface area (TPSA) is 40.5 Å². The summed E-state index contributed by atoms with van der Waals surface area (Å²) in [5, 5.41) is 18.3. The summed E-state index contributed by atoms with van der Waals surface area (Å²) in [4.78, 5) is 0. The third kappa shape index (κ3) is 1.34. The first kappa shape index (κ1) is 7.66. The molecule has 0 atom stereocenters. The lowest BCUT2D eigenvalue weighted by molar-refractivity contribution is 0.402. The minimum Gasteiger partial charge on any atom is -0.504 e. The summed E-state index contributed by atoms with van der Waals surface area (Å²) < 4.78 is 0. The quantitative estimate of drug-likeness (QED) is 0.601. The Balaban J connectivity index is 3.35. The highest BCUT2D eigenvalue weighted by Gasteiger charge is 2.03. The second kappa shape index (κ2) is 2.66. The summed E-state index contributed by atoms with van der Waals surface area (Å²) in [7, 11) is 0. The molecule has 1 rings (SSSR count). The van der Waals surface area contributed by atoms with E-state index in [-0.39, 0.29) is 11.5 Å². The van der Waals surface area contributed by atoms with E-state index in [1.54, 1.807) is 6.07 Å². The van der Waals surface area contributed by atoms with Gasteiger partial charge in [-0.15, -0.1) is 0 Å². The van der Waals surface area contributed by atoms with Gasteiger partial charge >= 0.3 is 0 Å². The van der Waals surface area contributed by atoms with Gasteiger partial charge in [-0.3, -0.25) is 0 Å². The average Bonchev–Trinajstić information content (AvgIpc) is 1.96. The summed E-state index contributed by atoms with van der Waals surface area (Å²) in [6.45, 7) is 5.34. The summed E-state index contributed by atoms with van der Waals surface area (Å²) in [6, 6.07) is 3.25. The molecule has 0 saturated heterocycles. The molecule has 2 nitrogen and oxygen atoms in total. The van der Waals surface area contributed by atoms with Gasteiger partial charge in [-0.2, -0.15) is 0 Å². The lowest BCUT2D eigenvalue weighted by Crippen LogP contribution is -1.78. The SMILES string of the molecule is C=Cc1cc(C)cc(O)c1O. The number of aromatic hydroxyl groups is 2. The molecule has 2 heteroatoms. The Morgan fingerprint density at radius 3 is 2.55 bits per heavy atom. The first-order chi connectivity index (χ1) is 5.15. The van der Waals surface area contributed by atoms with Crippen LogP contribution in [0, 0.1) is 6.92 Å². The van der Waals surface area contributed by atoms with Crippen LogP contribution in [-0.4, -0.2) is 10.2 Å². The van der Waals surface area contributed by atoms with Crippen molar-refractivity contribution >= 4 is 6.08 Å². The molecule has 0 amide bonds. The monoisotopic (exact) mass is 150 g/mol. The number of phenols is 2. The summed E-state index contributed by atoms with van der Waals surface area (Å²) in [5.74, 6) is -0.203. The Labute approximate surface area is 65.4 Å². The molecule has 0 fully saturated rings. The van der Waals surface area contributed by atoms with E-state index in [1.165, 1.54) is 12.1 Å². The highest BCUT2D eigenvalue weighted by atomic mass is 16.3. The Morgan fingerprint density at radius 1 is 1.36 bits per heavy atom. The van der Waals surface area contributed by atoms with Crippen molar-refractivity contribution in [2.45, 2.75) is 6.92 Å². The first-order valence-electron chi connectivity index (χ1n) is 3.30. The molecule has 0 aliphatic rings. The fraction of sp³-hybridized carbons (Fsp3) is 0.111. The van der Waals surface area contributed by atoms with Crippen LogP contribution in [0.25, 0.3) is 6.08 Å². The molecule has 1 aromatic carbocycles. The van der Waals surface area contributed by atoms with Crippen molar-refractivity contribution in [2.75, 3.05) is 0 Å². The van der Waals surface area contributed by atoms with E-state index in [0.717, 1.165) is 5.56 Å². The molecular formula is C9H10O2. The lowest BCUT2D eigenvalue weighted by Gasteiger charge is -2.02. The maximum Gasteiger partial charge on any atom is 0.164 e. The van der Waals surface area contributed by atoms with Crippen molar-refractivity contribution < 1.29 is 10.2 Å². The van der Waals surface area contributed by atoms with E-state index in [1.807, 2.05) is 6.92 Å². The molecule has 0 unspecified atom stereocenters. The van der Waals surface area contributed by atoms with Gasteiger partial charge in [0.05, 0.1) is 0 Å². The molecule has 0 aromatic heterocycles. The summed E-state index contributed by atoms with van der Waals surface area (Å²) in [5.41, 5.74) is 1.46. The van der Waals surface area contributed by atoms with Crippen LogP contribution in [0.5, 0.6) is 11.5 Å². The molecular weight excluding hydrogens is 140 g/mol. The fourth-order valence-corrected chi connectivity index (χ4v) is 0.943. The second-order valence-electron chi connectivity index (χ2n) is 2.43. The van der Waals surface area contributed by atoms with Crippen LogP contribution < -0.4 is 0 Å². The van der Waals surface area contributed by atoms with Crippen LogP contribution in [0.3, 0.4) is 0 Å². The molecule has 0 aliphatic heterocycles. The summed E-state index contributed by atoms with van der Waals surface area (Å²) >= 11 is 0. The van der Waals surface area contributed by atoms with Crippen molar-refractivity contribution in [3.63, 3.8) is 0 Å². The van der Waals surface area contributed by atoms with Crippen LogP contribution >= 0.6 is 0 Å². The van der Waals surface area contributed by atoms with Crippen molar-refractivity contribution in [2.24, 2.45) is 0 Å². The molecule has 0 saturated carbocycles. The van der Waals surface area contributed by atoms with Crippen molar-refractivity contribution in [1.29, 1.82) is 0 Å². The Kier molecular flexibility index (Phi) is 1.85. The molecule has 0 aliphatic carbocycles. The molecule has 0 bridgehead atoms. The van der Waals surface area contributed by atoms with E-state index in [0.29, 0.717) is 5.56 Å². The number of hydrogen-bond acceptors (Lipinski definition) is 2. The van der Waals surface area contributed by atoms with Gasteiger partial charge < -0.3 is 10.2 Å². The van der Waals surface area contributed by atoms with Crippen LogP contribution in [0.15, 0.2) is 18.7 Å². The van der Waals surface area contributed by atoms with E-state index in [9.17, 15) is 5.11 Å². The van der Waals surface area contributed by atoms with Gasteiger partial charge in [0.1, 0.15) is 0 Å². The van der Waals surface area contributed by atoms with Gasteiger partial charge in [0.2, 0.25) is 0 Å². The minimum atomic E-state index is -0.106. The van der Waals surface area contributed by atoms with Gasteiger partial charge in [-0.05, 0) is 24.6 Å². The standard InChI is InChI=1S/C9H10O2/c1-3-7-4-6(2)5-8(10)9(7)11/h3-5,10-11H,1H2,2H3. The molecule has 11 heavy (non-hydrogen) atoms. The van der Waals surface area contributed by atoms with Crippen LogP contribution in [0.4, 0.5) is 0 Å². The second-order valence-corrected chi connectivity index (χ2v) is 2.43. The first-order valence-corrected chi connectivity index (χ1v) is 3.30. The average molecular weight is 150 g/mol. The normalized spacial score (nSPS) is 9.55. The Bertz CT molecular complexity index is 290. The third-order valence-electron chi connectivity index (χ3n) is 1.48. The molecule has 2 N–H and O–H groups in total. The van der Waals surface area contributed by atoms with Gasteiger partial charge in [0, 0.05) is 5.56 Å². The predicted octanol–water partition coefficient (Wildman–Crippen LogP) is 2.05. The van der Waals surface area contributed by atoms with Gasteiger partial charge in [-0.25, -0.2) is 0 Å². The number of phenolic OH excluding ortho intramolecular Hbond substituents is 2. The molecule has 1 aromatic rings. The van der Waals surface area contributed by atoms with Crippen LogP contribution in [0.2, 0.25) is 0 Å². The molecule has 0 radical (unpaired) electrons. The van der Waals surface area contributed by atoms with E-state index >= 15 is 0 Å². The number of hydrogen-bond donors (Lipinski definition) is 2. The molecule has 0 heterocycles. The number of rotatable bonds is 1. The zero-order valence-corrected chi connectivity index (χ0v) is 6.33. The Morgan fingerprint density at radius 2 is 2.00 bits per heavy atom. The smallest absolute Gasteiger partial charge is 0.164 e. The van der Waals surface area contributed by atoms with Gasteiger partial charge in [0.25, 0.3) is 0 Å². The van der Waals surface area contributed by atoms with E-state index < -0.39 is 0 Å². The van der Waals surface area contributed by atoms with Crippen molar-refractivity contribution in [1.82, 2.24) is 0 Å². The minimum absolute atomic E-state index is 0.0973. The largest absolute Gasteiger partial charge is 0.504 e. The van der Waals surface area contributed by atoms with Gasteiger partial charge in [-0.1, -0.05) is 12.7 Å². The maximum absolute atomic E-state index is 9.20. The molecule has 58 valence electrons. The highest BCUT2D eigenvalue weighted by Crippen LogP contribution is 2.30. The lowest BCUT2D eigenvalue weighted by atomic mass is 10.1. The number of aryl methyl sites for hydroxylation is 1. The predicted molar refractivity (Wildman–Crippen MR) is 44.6 cm³/mol. The van der Waals surface area contributed by atoms with E-state index in [2.05, 4.69) is 6.58 Å². The van der Waals surface area contributed by atoms with Crippen molar-refractivity contribution in [3.05, 3.63) is 29.8 Å². The van der Waals surface area contributed by atoms with Crippen LogP contribution in [-0.2, 0) is 0 Å². The van der Waals surface area contributed by atoms with Crippen LogP contribution in [0.1, 0.15) is 11.1 Å². The maximum atomic E-state index is 9.20. The third-order valence-corrected chi connectivity index (χ3v) is 1.48.